The summed E-state index contributed by atoms with van der Waals surface area (Å²) in [7, 11) is 1.58. The number of hydrogen-bond acceptors (Lipinski definition) is 4. The minimum Gasteiger partial charge on any atom is -0.497 e. The van der Waals surface area contributed by atoms with Crippen molar-refractivity contribution in [2.45, 2.75) is 6.42 Å². The maximum atomic E-state index is 14.3. The van der Waals surface area contributed by atoms with E-state index in [0.29, 0.717) is 17.7 Å². The lowest BCUT2D eigenvalue weighted by atomic mass is 10.0. The van der Waals surface area contributed by atoms with Crippen LogP contribution in [0.25, 0.3) is 11.1 Å². The van der Waals surface area contributed by atoms with Gasteiger partial charge in [-0.2, -0.15) is 4.99 Å². The summed E-state index contributed by atoms with van der Waals surface area (Å²) in [5.74, 6) is -0.348. The lowest BCUT2D eigenvalue weighted by molar-refractivity contribution is 0.0950. The van der Waals surface area contributed by atoms with Crippen molar-refractivity contribution in [2.75, 3.05) is 13.7 Å². The number of nitrogens with one attached hydrogen (secondary N) is 1. The predicted octanol–water partition coefficient (Wildman–Crippen LogP) is 4.24. The van der Waals surface area contributed by atoms with Crippen molar-refractivity contribution in [2.24, 2.45) is 4.99 Å². The molecule has 0 aliphatic carbocycles. The van der Waals surface area contributed by atoms with Crippen LogP contribution in [0.3, 0.4) is 0 Å². The molecule has 0 heterocycles. The molecule has 0 saturated heterocycles. The van der Waals surface area contributed by atoms with Gasteiger partial charge in [-0.1, -0.05) is 24.8 Å². The Morgan fingerprint density at radius 3 is 2.56 bits per heavy atom. The number of benzene rings is 2. The molecular formula is C19H17FN2O2S. The lowest BCUT2D eigenvalue weighted by Crippen LogP contribution is -2.25. The Morgan fingerprint density at radius 2 is 1.96 bits per heavy atom. The van der Waals surface area contributed by atoms with Gasteiger partial charge in [-0.15, -0.1) is 0 Å². The quantitative estimate of drug-likeness (QED) is 0.596. The summed E-state index contributed by atoms with van der Waals surface area (Å²) in [6.07, 6.45) is 0.418. The highest BCUT2D eigenvalue weighted by Crippen LogP contribution is 2.24. The first-order chi connectivity index (χ1) is 12.0. The number of thiocarbonyl (C=S) groups is 1. The van der Waals surface area contributed by atoms with E-state index in [4.69, 9.17) is 4.74 Å². The van der Waals surface area contributed by atoms with Gasteiger partial charge in [0.05, 0.1) is 17.8 Å². The maximum absolute atomic E-state index is 14.3. The van der Waals surface area contributed by atoms with E-state index in [0.717, 1.165) is 11.3 Å². The Labute approximate surface area is 151 Å². The summed E-state index contributed by atoms with van der Waals surface area (Å²) in [6.45, 7) is 3.95. The zero-order valence-electron chi connectivity index (χ0n) is 13.7. The van der Waals surface area contributed by atoms with Crippen LogP contribution in [0.2, 0.25) is 0 Å². The normalized spacial score (nSPS) is 9.84. The standard InChI is InChI=1S/C19H17FN2O2S/c1-13(22-12-25)9-10-21-19(23)17-8-5-15(11-18(17)20)14-3-6-16(24-2)7-4-14/h3-8,11H,1,9-10H2,2H3,(H,21,23). The summed E-state index contributed by atoms with van der Waals surface area (Å²) in [6, 6.07) is 11.8. The number of ether oxygens (including phenoxy) is 1. The minimum atomic E-state index is -0.582. The average Bonchev–Trinajstić information content (AvgIpc) is 2.61. The lowest BCUT2D eigenvalue weighted by Gasteiger charge is -2.08. The number of isothiocyanates is 1. The van der Waals surface area contributed by atoms with E-state index in [1.54, 1.807) is 25.3 Å². The Morgan fingerprint density at radius 1 is 1.28 bits per heavy atom. The highest BCUT2D eigenvalue weighted by molar-refractivity contribution is 7.78. The molecule has 0 spiro atoms. The molecule has 6 heteroatoms. The molecule has 4 nitrogen and oxygen atoms in total. The van der Waals surface area contributed by atoms with Crippen molar-refractivity contribution in [1.82, 2.24) is 5.32 Å². The van der Waals surface area contributed by atoms with Gasteiger partial charge in [-0.25, -0.2) is 4.39 Å². The van der Waals surface area contributed by atoms with Crippen LogP contribution in [0.15, 0.2) is 59.7 Å². The van der Waals surface area contributed by atoms with Crippen LogP contribution >= 0.6 is 12.2 Å². The second-order valence-electron chi connectivity index (χ2n) is 5.20. The third-order valence-electron chi connectivity index (χ3n) is 3.54. The number of halogens is 1. The van der Waals surface area contributed by atoms with Gasteiger partial charge < -0.3 is 10.1 Å². The number of carbonyl (C=O) groups is 1. The number of amides is 1. The van der Waals surface area contributed by atoms with Crippen molar-refractivity contribution >= 4 is 23.3 Å². The van der Waals surface area contributed by atoms with Crippen LogP contribution in [0.1, 0.15) is 16.8 Å². The van der Waals surface area contributed by atoms with E-state index >= 15 is 0 Å². The number of hydrogen-bond donors (Lipinski definition) is 1. The Bertz CT molecular complexity index is 828. The van der Waals surface area contributed by atoms with Crippen LogP contribution in [-0.2, 0) is 0 Å². The molecule has 2 aromatic carbocycles. The fourth-order valence-corrected chi connectivity index (χ4v) is 2.33. The van der Waals surface area contributed by atoms with Gasteiger partial charge in [0.15, 0.2) is 0 Å². The monoisotopic (exact) mass is 356 g/mol. The second-order valence-corrected chi connectivity index (χ2v) is 5.38. The highest BCUT2D eigenvalue weighted by atomic mass is 32.1. The summed E-state index contributed by atoms with van der Waals surface area (Å²) in [5.41, 5.74) is 2.01. The van der Waals surface area contributed by atoms with E-state index in [1.165, 1.54) is 12.1 Å². The Balaban J connectivity index is 2.06. The minimum absolute atomic E-state index is 0.0128. The van der Waals surface area contributed by atoms with Crippen LogP contribution in [0.5, 0.6) is 5.75 Å². The van der Waals surface area contributed by atoms with Crippen molar-refractivity contribution < 1.29 is 13.9 Å². The smallest absolute Gasteiger partial charge is 0.254 e. The molecule has 0 bridgehead atoms. The molecular weight excluding hydrogens is 339 g/mol. The van der Waals surface area contributed by atoms with Crippen molar-refractivity contribution in [3.05, 3.63) is 66.1 Å². The molecule has 0 radical (unpaired) electrons. The van der Waals surface area contributed by atoms with E-state index in [9.17, 15) is 9.18 Å². The van der Waals surface area contributed by atoms with Gasteiger partial charge in [-0.05, 0) is 47.6 Å². The molecule has 0 atom stereocenters. The van der Waals surface area contributed by atoms with E-state index in [2.05, 4.69) is 34.3 Å². The first kappa shape index (κ1) is 18.5. The molecule has 0 unspecified atom stereocenters. The second kappa shape index (κ2) is 8.87. The molecule has 0 fully saturated rings. The molecule has 2 rings (SSSR count). The molecule has 1 N–H and O–H groups in total. The molecule has 0 aliphatic heterocycles. The number of methoxy groups -OCH3 is 1. The maximum Gasteiger partial charge on any atom is 0.254 e. The zero-order chi connectivity index (χ0) is 18.2. The number of aliphatic imine (C=N–C) groups is 1. The van der Waals surface area contributed by atoms with Gasteiger partial charge in [0.1, 0.15) is 11.6 Å². The fourth-order valence-electron chi connectivity index (χ4n) is 2.20. The molecule has 128 valence electrons. The summed E-state index contributed by atoms with van der Waals surface area (Å²) in [4.78, 5) is 15.8. The zero-order valence-corrected chi connectivity index (χ0v) is 14.5. The van der Waals surface area contributed by atoms with E-state index < -0.39 is 11.7 Å². The van der Waals surface area contributed by atoms with Gasteiger partial charge >= 0.3 is 0 Å². The van der Waals surface area contributed by atoms with Gasteiger partial charge in [0, 0.05) is 18.7 Å². The highest BCUT2D eigenvalue weighted by Gasteiger charge is 2.12. The van der Waals surface area contributed by atoms with E-state index in [1.807, 2.05) is 12.1 Å². The SMILES string of the molecule is C=C(CCNC(=O)c1ccc(-c2ccc(OC)cc2)cc1F)N=C=S. The predicted molar refractivity (Wildman–Crippen MR) is 99.5 cm³/mol. The molecule has 2 aromatic rings. The first-order valence-electron chi connectivity index (χ1n) is 7.53. The fraction of sp³-hybridized carbons (Fsp3) is 0.158. The third-order valence-corrected chi connectivity index (χ3v) is 3.63. The van der Waals surface area contributed by atoms with Crippen molar-refractivity contribution in [3.63, 3.8) is 0 Å². The average molecular weight is 356 g/mol. The third kappa shape index (κ3) is 5.08. The molecule has 0 aromatic heterocycles. The van der Waals surface area contributed by atoms with Crippen LogP contribution in [-0.4, -0.2) is 24.7 Å². The van der Waals surface area contributed by atoms with Crippen LogP contribution in [0, 0.1) is 5.82 Å². The Kier molecular flexibility index (Phi) is 6.57. The van der Waals surface area contributed by atoms with Crippen molar-refractivity contribution in [3.8, 4) is 16.9 Å². The molecule has 0 saturated carbocycles. The molecule has 0 aliphatic rings. The summed E-state index contributed by atoms with van der Waals surface area (Å²) in [5, 5.41) is 4.83. The van der Waals surface area contributed by atoms with Gasteiger partial charge in [-0.3, -0.25) is 4.79 Å². The molecule has 1 amide bonds. The topological polar surface area (TPSA) is 50.7 Å². The van der Waals surface area contributed by atoms with Gasteiger partial charge in [0.2, 0.25) is 0 Å². The number of nitrogens with zero attached hydrogens (tertiary/aromatic N) is 1. The summed E-state index contributed by atoms with van der Waals surface area (Å²) < 4.78 is 19.4. The van der Waals surface area contributed by atoms with E-state index in [-0.39, 0.29) is 12.1 Å². The van der Waals surface area contributed by atoms with Crippen LogP contribution in [0.4, 0.5) is 4.39 Å². The molecule has 25 heavy (non-hydrogen) atoms. The number of carbonyl (C=O) groups excluding carboxylic acids is 1. The van der Waals surface area contributed by atoms with Crippen LogP contribution < -0.4 is 10.1 Å². The number of rotatable bonds is 7. The largest absolute Gasteiger partial charge is 0.497 e. The Hall–Kier alpha value is -2.82. The van der Waals surface area contributed by atoms with Gasteiger partial charge in [0.25, 0.3) is 5.91 Å². The summed E-state index contributed by atoms with van der Waals surface area (Å²) >= 11 is 4.47. The van der Waals surface area contributed by atoms with Crippen molar-refractivity contribution in [1.29, 1.82) is 0 Å². The first-order valence-corrected chi connectivity index (χ1v) is 7.94.